The predicted octanol–water partition coefficient (Wildman–Crippen LogP) is 5.96. The normalized spacial score (nSPS) is 12.3. The first kappa shape index (κ1) is 20.0. The van der Waals surface area contributed by atoms with E-state index in [4.69, 9.17) is 4.74 Å². The van der Waals surface area contributed by atoms with Crippen LogP contribution in [0.25, 0.3) is 0 Å². The Morgan fingerprint density at radius 2 is 1.50 bits per heavy atom. The SMILES string of the molecule is Cc1ccc(OC(C)C(=O)Nc2c(C(C)C)cccc2C(C)C)c(C)c1. The van der Waals surface area contributed by atoms with Gasteiger partial charge in [0.15, 0.2) is 6.10 Å². The molecule has 0 aliphatic carbocycles. The molecule has 1 atom stereocenters. The molecule has 3 nitrogen and oxygen atoms in total. The molecule has 2 aromatic carbocycles. The number of nitrogens with one attached hydrogen (secondary N) is 1. The molecule has 2 rings (SSSR count). The van der Waals surface area contributed by atoms with E-state index in [1.807, 2.05) is 26.0 Å². The highest BCUT2D eigenvalue weighted by Gasteiger charge is 2.20. The number of benzene rings is 2. The molecule has 140 valence electrons. The van der Waals surface area contributed by atoms with Crippen molar-refractivity contribution in [3.8, 4) is 5.75 Å². The average molecular weight is 354 g/mol. The van der Waals surface area contributed by atoms with Crippen LogP contribution in [0.2, 0.25) is 0 Å². The quantitative estimate of drug-likeness (QED) is 0.696. The summed E-state index contributed by atoms with van der Waals surface area (Å²) in [5, 5.41) is 3.13. The van der Waals surface area contributed by atoms with Crippen LogP contribution in [-0.4, -0.2) is 12.0 Å². The van der Waals surface area contributed by atoms with Gasteiger partial charge in [-0.25, -0.2) is 0 Å². The van der Waals surface area contributed by atoms with Crippen molar-refractivity contribution >= 4 is 11.6 Å². The highest BCUT2D eigenvalue weighted by Crippen LogP contribution is 2.32. The standard InChI is InChI=1S/C23H31NO2/c1-14(2)19-9-8-10-20(15(3)4)22(19)24-23(25)18(7)26-21-12-11-16(5)13-17(21)6/h8-15,18H,1-7H3,(H,24,25). The minimum Gasteiger partial charge on any atom is -0.481 e. The lowest BCUT2D eigenvalue weighted by atomic mass is 9.92. The van der Waals surface area contributed by atoms with Crippen molar-refractivity contribution in [3.05, 3.63) is 58.7 Å². The molecule has 0 aromatic heterocycles. The van der Waals surface area contributed by atoms with Crippen LogP contribution in [0, 0.1) is 13.8 Å². The molecule has 3 heteroatoms. The van der Waals surface area contributed by atoms with Gasteiger partial charge in [-0.15, -0.1) is 0 Å². The van der Waals surface area contributed by atoms with Crippen molar-refractivity contribution < 1.29 is 9.53 Å². The van der Waals surface area contributed by atoms with Crippen molar-refractivity contribution in [3.63, 3.8) is 0 Å². The average Bonchev–Trinajstić information content (AvgIpc) is 2.56. The first-order valence-corrected chi connectivity index (χ1v) is 9.38. The second-order valence-corrected chi connectivity index (χ2v) is 7.64. The summed E-state index contributed by atoms with van der Waals surface area (Å²) in [4.78, 5) is 12.8. The van der Waals surface area contributed by atoms with Gasteiger partial charge in [0.2, 0.25) is 0 Å². The molecular formula is C23H31NO2. The van der Waals surface area contributed by atoms with E-state index < -0.39 is 6.10 Å². The second kappa shape index (κ2) is 8.39. The van der Waals surface area contributed by atoms with Gasteiger partial charge in [-0.2, -0.15) is 0 Å². The van der Waals surface area contributed by atoms with Gasteiger partial charge in [0.05, 0.1) is 0 Å². The number of carbonyl (C=O) groups is 1. The fourth-order valence-corrected chi connectivity index (χ4v) is 3.10. The molecule has 0 bridgehead atoms. The summed E-state index contributed by atoms with van der Waals surface area (Å²) in [6.07, 6.45) is -0.573. The summed E-state index contributed by atoms with van der Waals surface area (Å²) in [5.74, 6) is 1.29. The summed E-state index contributed by atoms with van der Waals surface area (Å²) >= 11 is 0. The zero-order chi connectivity index (χ0) is 19.4. The number of hydrogen-bond donors (Lipinski definition) is 1. The van der Waals surface area contributed by atoms with E-state index in [9.17, 15) is 4.79 Å². The van der Waals surface area contributed by atoms with Gasteiger partial charge in [0.25, 0.3) is 5.91 Å². The number of anilines is 1. The molecule has 1 N–H and O–H groups in total. The molecule has 0 saturated carbocycles. The van der Waals surface area contributed by atoms with Gasteiger partial charge in [0.1, 0.15) is 5.75 Å². The Labute approximate surface area is 157 Å². The summed E-state index contributed by atoms with van der Waals surface area (Å²) < 4.78 is 5.92. The number of hydrogen-bond acceptors (Lipinski definition) is 2. The van der Waals surface area contributed by atoms with Crippen molar-refractivity contribution in [1.82, 2.24) is 0 Å². The van der Waals surface area contributed by atoms with E-state index in [-0.39, 0.29) is 5.91 Å². The molecule has 0 aliphatic rings. The highest BCUT2D eigenvalue weighted by molar-refractivity contribution is 5.95. The molecule has 1 unspecified atom stereocenters. The maximum absolute atomic E-state index is 12.8. The van der Waals surface area contributed by atoms with Crippen molar-refractivity contribution in [2.45, 2.75) is 66.4 Å². The second-order valence-electron chi connectivity index (χ2n) is 7.64. The van der Waals surface area contributed by atoms with Crippen LogP contribution >= 0.6 is 0 Å². The van der Waals surface area contributed by atoms with Gasteiger partial charge in [-0.05, 0) is 55.4 Å². The van der Waals surface area contributed by atoms with E-state index >= 15 is 0 Å². The zero-order valence-electron chi connectivity index (χ0n) is 17.0. The van der Waals surface area contributed by atoms with Crippen molar-refractivity contribution in [2.24, 2.45) is 0 Å². The smallest absolute Gasteiger partial charge is 0.265 e. The third-order valence-corrected chi connectivity index (χ3v) is 4.62. The Morgan fingerprint density at radius 3 is 2.00 bits per heavy atom. The number of ether oxygens (including phenoxy) is 1. The van der Waals surface area contributed by atoms with E-state index in [1.165, 1.54) is 5.56 Å². The predicted molar refractivity (Wildman–Crippen MR) is 109 cm³/mol. The highest BCUT2D eigenvalue weighted by atomic mass is 16.5. The zero-order valence-corrected chi connectivity index (χ0v) is 17.0. The van der Waals surface area contributed by atoms with E-state index in [1.54, 1.807) is 6.92 Å². The first-order valence-electron chi connectivity index (χ1n) is 9.38. The van der Waals surface area contributed by atoms with E-state index in [2.05, 4.69) is 57.3 Å². The van der Waals surface area contributed by atoms with Gasteiger partial charge in [0, 0.05) is 5.69 Å². The Hall–Kier alpha value is -2.29. The molecular weight excluding hydrogens is 322 g/mol. The summed E-state index contributed by atoms with van der Waals surface area (Å²) in [6, 6.07) is 12.2. The largest absolute Gasteiger partial charge is 0.481 e. The fourth-order valence-electron chi connectivity index (χ4n) is 3.10. The molecule has 0 saturated heterocycles. The molecule has 0 aliphatic heterocycles. The van der Waals surface area contributed by atoms with Gasteiger partial charge in [-0.3, -0.25) is 4.79 Å². The fraction of sp³-hybridized carbons (Fsp3) is 0.435. The topological polar surface area (TPSA) is 38.3 Å². The molecule has 1 amide bonds. The molecule has 0 fully saturated rings. The number of aryl methyl sites for hydroxylation is 2. The summed E-state index contributed by atoms with van der Waals surface area (Å²) in [6.45, 7) is 14.4. The number of carbonyl (C=O) groups excluding carboxylic acids is 1. The van der Waals surface area contributed by atoms with Crippen molar-refractivity contribution in [2.75, 3.05) is 5.32 Å². The van der Waals surface area contributed by atoms with Gasteiger partial charge in [-0.1, -0.05) is 63.6 Å². The maximum atomic E-state index is 12.8. The first-order chi connectivity index (χ1) is 12.2. The minimum atomic E-state index is -0.573. The third-order valence-electron chi connectivity index (χ3n) is 4.62. The minimum absolute atomic E-state index is 0.125. The lowest BCUT2D eigenvalue weighted by Gasteiger charge is -2.22. The molecule has 2 aromatic rings. The van der Waals surface area contributed by atoms with Crippen molar-refractivity contribution in [1.29, 1.82) is 0 Å². The maximum Gasteiger partial charge on any atom is 0.265 e. The van der Waals surface area contributed by atoms with Gasteiger partial charge >= 0.3 is 0 Å². The Balaban J connectivity index is 2.23. The van der Waals surface area contributed by atoms with E-state index in [0.717, 1.165) is 28.1 Å². The Kier molecular flexibility index (Phi) is 6.47. The summed E-state index contributed by atoms with van der Waals surface area (Å²) in [7, 11) is 0. The molecule has 0 radical (unpaired) electrons. The number of amides is 1. The van der Waals surface area contributed by atoms with Crippen LogP contribution < -0.4 is 10.1 Å². The van der Waals surface area contributed by atoms with Crippen LogP contribution in [0.5, 0.6) is 5.75 Å². The lowest BCUT2D eigenvalue weighted by molar-refractivity contribution is -0.122. The monoisotopic (exact) mass is 353 g/mol. The molecule has 0 heterocycles. The Morgan fingerprint density at radius 1 is 0.923 bits per heavy atom. The van der Waals surface area contributed by atoms with Crippen LogP contribution in [0.15, 0.2) is 36.4 Å². The Bertz CT molecular complexity index is 752. The van der Waals surface area contributed by atoms with E-state index in [0.29, 0.717) is 11.8 Å². The lowest BCUT2D eigenvalue weighted by Crippen LogP contribution is -2.31. The molecule has 0 spiro atoms. The summed E-state index contributed by atoms with van der Waals surface area (Å²) in [5.41, 5.74) is 5.46. The number of para-hydroxylation sites is 1. The number of rotatable bonds is 6. The van der Waals surface area contributed by atoms with Crippen LogP contribution in [0.1, 0.15) is 68.7 Å². The van der Waals surface area contributed by atoms with Crippen LogP contribution in [0.4, 0.5) is 5.69 Å². The third kappa shape index (κ3) is 4.66. The molecule has 26 heavy (non-hydrogen) atoms. The van der Waals surface area contributed by atoms with Gasteiger partial charge < -0.3 is 10.1 Å². The van der Waals surface area contributed by atoms with Crippen LogP contribution in [-0.2, 0) is 4.79 Å². The van der Waals surface area contributed by atoms with Crippen LogP contribution in [0.3, 0.4) is 0 Å².